The molecule has 4 aromatic carbocycles. The molecule has 0 saturated carbocycles. The summed E-state index contributed by atoms with van der Waals surface area (Å²) in [6.07, 6.45) is 3.91. The molecule has 2 aliphatic heterocycles. The Bertz CT molecular complexity index is 1550. The zero-order valence-corrected chi connectivity index (χ0v) is 24.4. The van der Waals surface area contributed by atoms with Crippen molar-refractivity contribution < 1.29 is 19.1 Å². The van der Waals surface area contributed by atoms with Gasteiger partial charge in [0.05, 0.1) is 11.4 Å². The second kappa shape index (κ2) is 11.7. The van der Waals surface area contributed by atoms with Gasteiger partial charge in [-0.15, -0.1) is 0 Å². The van der Waals surface area contributed by atoms with Gasteiger partial charge in [0.25, 0.3) is 0 Å². The maximum atomic E-state index is 13.9. The van der Waals surface area contributed by atoms with Crippen molar-refractivity contribution in [1.29, 1.82) is 0 Å². The fourth-order valence-electron chi connectivity index (χ4n) is 6.00. The van der Waals surface area contributed by atoms with E-state index in [0.717, 1.165) is 80.6 Å². The molecule has 2 amide bonds. The van der Waals surface area contributed by atoms with Crippen molar-refractivity contribution in [2.24, 2.45) is 5.92 Å². The Balaban J connectivity index is 1.29. The topological polar surface area (TPSA) is 76.7 Å². The van der Waals surface area contributed by atoms with Gasteiger partial charge in [-0.25, -0.2) is 0 Å². The van der Waals surface area contributed by atoms with Crippen LogP contribution in [0.4, 0.5) is 11.4 Å². The molecule has 4 aromatic rings. The number of carbonyl (C=O) groups excluding carboxylic acids is 2. The van der Waals surface area contributed by atoms with Crippen LogP contribution in [0, 0.1) is 5.92 Å². The number of fused-ring (bicyclic) bond motifs is 4. The fraction of sp³-hybridized carbons (Fsp3) is 0.278. The molecule has 0 bridgehead atoms. The Labute approximate surface area is 247 Å². The summed E-state index contributed by atoms with van der Waals surface area (Å²) >= 11 is 0. The van der Waals surface area contributed by atoms with Crippen molar-refractivity contribution in [1.82, 2.24) is 0 Å². The number of nitrogens with one attached hydrogen (secondary N) is 2. The van der Waals surface area contributed by atoms with Crippen LogP contribution in [-0.2, 0) is 35.3 Å². The Morgan fingerprint density at radius 1 is 0.643 bits per heavy atom. The summed E-state index contributed by atoms with van der Waals surface area (Å²) in [4.78, 5) is 27.8. The highest BCUT2D eigenvalue weighted by atomic mass is 16.5. The molecule has 0 saturated heterocycles. The molecular formula is C36H36N2O4. The third-order valence-corrected chi connectivity index (χ3v) is 8.30. The molecule has 6 heteroatoms. The minimum atomic E-state index is -0.857. The molecule has 0 aromatic heterocycles. The first-order valence-electron chi connectivity index (χ1n) is 14.9. The standard InChI is InChI=1S/C36H36N2O4/c1-4-11-26(35(39)37-33-22(5-2)16-18-31-27(33)20-24-12-7-9-14-29(24)41-31)36(40)38-34-23(6-3)17-19-32-28(34)21-25-13-8-10-15-30(25)42-32/h7-10,12-19,26H,4-6,11,20-21H2,1-3H3,(H,37,39)(H,38,40). The van der Waals surface area contributed by atoms with E-state index in [1.54, 1.807) is 0 Å². The van der Waals surface area contributed by atoms with Crippen LogP contribution in [0.2, 0.25) is 0 Å². The zero-order valence-electron chi connectivity index (χ0n) is 24.4. The van der Waals surface area contributed by atoms with Gasteiger partial charge < -0.3 is 20.1 Å². The van der Waals surface area contributed by atoms with Crippen molar-refractivity contribution in [3.8, 4) is 23.0 Å². The van der Waals surface area contributed by atoms with E-state index < -0.39 is 5.92 Å². The molecule has 2 N–H and O–H groups in total. The lowest BCUT2D eigenvalue weighted by Crippen LogP contribution is -2.35. The number of para-hydroxylation sites is 2. The van der Waals surface area contributed by atoms with Gasteiger partial charge in [-0.1, -0.05) is 75.7 Å². The number of rotatable bonds is 8. The lowest BCUT2D eigenvalue weighted by Gasteiger charge is -2.27. The normalized spacial score (nSPS) is 12.7. The molecule has 0 spiro atoms. The molecule has 42 heavy (non-hydrogen) atoms. The fourth-order valence-corrected chi connectivity index (χ4v) is 6.00. The lowest BCUT2D eigenvalue weighted by molar-refractivity contribution is -0.129. The average molecular weight is 561 g/mol. The third kappa shape index (κ3) is 5.13. The number of aryl methyl sites for hydroxylation is 2. The minimum Gasteiger partial charge on any atom is -0.457 e. The molecule has 2 aliphatic rings. The third-order valence-electron chi connectivity index (χ3n) is 8.30. The number of hydrogen-bond acceptors (Lipinski definition) is 4. The van der Waals surface area contributed by atoms with Gasteiger partial charge in [-0.05, 0) is 65.8 Å². The van der Waals surface area contributed by atoms with Crippen molar-refractivity contribution in [3.63, 3.8) is 0 Å². The van der Waals surface area contributed by atoms with Gasteiger partial charge in [0.2, 0.25) is 11.8 Å². The molecule has 2 heterocycles. The number of benzene rings is 4. The van der Waals surface area contributed by atoms with Crippen LogP contribution in [-0.4, -0.2) is 11.8 Å². The average Bonchev–Trinajstić information content (AvgIpc) is 3.02. The van der Waals surface area contributed by atoms with Crippen LogP contribution in [0.3, 0.4) is 0 Å². The molecule has 6 nitrogen and oxygen atoms in total. The minimum absolute atomic E-state index is 0.305. The maximum absolute atomic E-state index is 13.9. The van der Waals surface area contributed by atoms with E-state index in [-0.39, 0.29) is 11.8 Å². The van der Waals surface area contributed by atoms with Gasteiger partial charge in [-0.2, -0.15) is 0 Å². The summed E-state index contributed by atoms with van der Waals surface area (Å²) in [7, 11) is 0. The molecule has 0 unspecified atom stereocenters. The molecule has 0 aliphatic carbocycles. The van der Waals surface area contributed by atoms with Gasteiger partial charge in [-0.3, -0.25) is 9.59 Å². The highest BCUT2D eigenvalue weighted by Crippen LogP contribution is 2.43. The summed E-state index contributed by atoms with van der Waals surface area (Å²) in [5, 5.41) is 6.34. The summed E-state index contributed by atoms with van der Waals surface area (Å²) in [6, 6.07) is 23.9. The highest BCUT2D eigenvalue weighted by Gasteiger charge is 2.31. The summed E-state index contributed by atoms with van der Waals surface area (Å²) in [5.41, 5.74) is 7.56. The first-order valence-corrected chi connectivity index (χ1v) is 14.9. The van der Waals surface area contributed by atoms with Gasteiger partial charge in [0, 0.05) is 24.0 Å². The molecule has 214 valence electrons. The van der Waals surface area contributed by atoms with Crippen molar-refractivity contribution in [2.75, 3.05) is 10.6 Å². The van der Waals surface area contributed by atoms with Gasteiger partial charge >= 0.3 is 0 Å². The first kappa shape index (κ1) is 27.6. The molecule has 0 fully saturated rings. The Hall–Kier alpha value is -4.58. The van der Waals surface area contributed by atoms with E-state index in [0.29, 0.717) is 25.7 Å². The smallest absolute Gasteiger partial charge is 0.236 e. The first-order chi connectivity index (χ1) is 20.5. The summed E-state index contributed by atoms with van der Waals surface area (Å²) in [5.74, 6) is 1.67. The summed E-state index contributed by atoms with van der Waals surface area (Å²) in [6.45, 7) is 6.12. The Morgan fingerprint density at radius 2 is 1.10 bits per heavy atom. The van der Waals surface area contributed by atoms with E-state index in [9.17, 15) is 9.59 Å². The zero-order chi connectivity index (χ0) is 29.2. The lowest BCUT2D eigenvalue weighted by atomic mass is 9.93. The number of amides is 2. The van der Waals surface area contributed by atoms with E-state index in [2.05, 4.69) is 24.5 Å². The number of carbonyl (C=O) groups is 2. The second-order valence-electron chi connectivity index (χ2n) is 11.0. The molecule has 0 atom stereocenters. The number of anilines is 2. The highest BCUT2D eigenvalue weighted by molar-refractivity contribution is 6.11. The summed E-state index contributed by atoms with van der Waals surface area (Å²) < 4.78 is 12.4. The molecule has 6 rings (SSSR count). The van der Waals surface area contributed by atoms with E-state index >= 15 is 0 Å². The van der Waals surface area contributed by atoms with E-state index in [4.69, 9.17) is 9.47 Å². The van der Waals surface area contributed by atoms with Crippen molar-refractivity contribution in [3.05, 3.63) is 106 Å². The van der Waals surface area contributed by atoms with Crippen LogP contribution in [0.1, 0.15) is 67.0 Å². The van der Waals surface area contributed by atoms with Crippen LogP contribution < -0.4 is 20.1 Å². The van der Waals surface area contributed by atoms with Crippen molar-refractivity contribution in [2.45, 2.75) is 59.3 Å². The van der Waals surface area contributed by atoms with E-state index in [1.807, 2.05) is 79.7 Å². The molecular weight excluding hydrogens is 524 g/mol. The van der Waals surface area contributed by atoms with Crippen molar-refractivity contribution >= 4 is 23.2 Å². The van der Waals surface area contributed by atoms with Gasteiger partial charge in [0.1, 0.15) is 28.9 Å². The number of ether oxygens (including phenoxy) is 2. The SMILES string of the molecule is CCCC(C(=O)Nc1c(CC)ccc2c1Cc1ccccc1O2)C(=O)Nc1c(CC)ccc2c1Cc1ccccc1O2. The monoisotopic (exact) mass is 560 g/mol. The van der Waals surface area contributed by atoms with Crippen LogP contribution >= 0.6 is 0 Å². The maximum Gasteiger partial charge on any atom is 0.236 e. The largest absolute Gasteiger partial charge is 0.457 e. The Morgan fingerprint density at radius 3 is 1.52 bits per heavy atom. The quantitative estimate of drug-likeness (QED) is 0.184. The Kier molecular flexibility index (Phi) is 7.70. The predicted molar refractivity (Wildman–Crippen MR) is 166 cm³/mol. The van der Waals surface area contributed by atoms with E-state index in [1.165, 1.54) is 0 Å². The van der Waals surface area contributed by atoms with Crippen LogP contribution in [0.15, 0.2) is 72.8 Å². The molecule has 0 radical (unpaired) electrons. The van der Waals surface area contributed by atoms with Gasteiger partial charge in [0.15, 0.2) is 0 Å². The number of hydrogen-bond donors (Lipinski definition) is 2. The van der Waals surface area contributed by atoms with Crippen LogP contribution in [0.25, 0.3) is 0 Å². The second-order valence-corrected chi connectivity index (χ2v) is 11.0. The predicted octanol–water partition coefficient (Wildman–Crippen LogP) is 8.20. The van der Waals surface area contributed by atoms with Crippen LogP contribution in [0.5, 0.6) is 23.0 Å².